The van der Waals surface area contributed by atoms with Crippen molar-refractivity contribution in [3.05, 3.63) is 36.7 Å². The predicted octanol–water partition coefficient (Wildman–Crippen LogP) is 1.99. The Morgan fingerprint density at radius 3 is 3.07 bits per heavy atom. The minimum Gasteiger partial charge on any atom is -0.490 e. The van der Waals surface area contributed by atoms with Gasteiger partial charge in [0.25, 0.3) is 0 Å². The minimum atomic E-state index is -0.456. The van der Waals surface area contributed by atoms with Gasteiger partial charge in [-0.3, -0.25) is 4.98 Å². The molecule has 0 saturated heterocycles. The molecule has 1 atom stereocenters. The number of hydrogen-bond donors (Lipinski definition) is 1. The van der Waals surface area contributed by atoms with E-state index >= 15 is 0 Å². The lowest BCUT2D eigenvalue weighted by molar-refractivity contribution is 0.123. The van der Waals surface area contributed by atoms with Crippen molar-refractivity contribution in [2.45, 2.75) is 13.0 Å². The number of aliphatic hydroxyl groups is 1. The molecule has 0 aliphatic rings. The van der Waals surface area contributed by atoms with Gasteiger partial charge < -0.3 is 9.84 Å². The predicted molar refractivity (Wildman–Crippen MR) is 58.9 cm³/mol. The average molecular weight is 203 g/mol. The largest absolute Gasteiger partial charge is 0.490 e. The summed E-state index contributed by atoms with van der Waals surface area (Å²) in [5.41, 5.74) is 0. The van der Waals surface area contributed by atoms with E-state index in [2.05, 4.69) is 4.98 Å². The van der Waals surface area contributed by atoms with Crippen molar-refractivity contribution in [2.24, 2.45) is 0 Å². The Bertz CT molecular complexity index is 449. The zero-order valence-electron chi connectivity index (χ0n) is 8.55. The fraction of sp³-hybridized carbons (Fsp3) is 0.250. The van der Waals surface area contributed by atoms with Gasteiger partial charge >= 0.3 is 0 Å². The molecule has 1 heterocycles. The molecule has 2 rings (SSSR count). The van der Waals surface area contributed by atoms with Gasteiger partial charge in [0.05, 0.1) is 6.10 Å². The summed E-state index contributed by atoms with van der Waals surface area (Å²) in [4.78, 5) is 4.04. The minimum absolute atomic E-state index is 0.307. The van der Waals surface area contributed by atoms with E-state index in [1.165, 1.54) is 0 Å². The van der Waals surface area contributed by atoms with Gasteiger partial charge in [0, 0.05) is 23.2 Å². The molecule has 0 aliphatic heterocycles. The monoisotopic (exact) mass is 203 g/mol. The Balaban J connectivity index is 2.34. The van der Waals surface area contributed by atoms with Crippen molar-refractivity contribution in [2.75, 3.05) is 6.61 Å². The van der Waals surface area contributed by atoms with Gasteiger partial charge in [-0.25, -0.2) is 0 Å². The van der Waals surface area contributed by atoms with Crippen molar-refractivity contribution in [1.82, 2.24) is 4.98 Å². The molecule has 0 saturated carbocycles. The standard InChI is InChI=1S/C12H13NO2/c1-9(14)8-15-12-4-2-3-10-7-13-6-5-11(10)12/h2-7,9,14H,8H2,1H3. The topological polar surface area (TPSA) is 42.4 Å². The fourth-order valence-electron chi connectivity index (χ4n) is 1.43. The van der Waals surface area contributed by atoms with E-state index in [0.717, 1.165) is 16.5 Å². The number of pyridine rings is 1. The second-order valence-corrected chi connectivity index (χ2v) is 3.51. The smallest absolute Gasteiger partial charge is 0.127 e. The summed E-state index contributed by atoms with van der Waals surface area (Å²) < 4.78 is 5.50. The normalized spacial score (nSPS) is 12.7. The van der Waals surface area contributed by atoms with Crippen molar-refractivity contribution >= 4 is 10.8 Å². The Morgan fingerprint density at radius 2 is 2.27 bits per heavy atom. The molecule has 0 fully saturated rings. The lowest BCUT2D eigenvalue weighted by Gasteiger charge is -2.10. The first-order chi connectivity index (χ1) is 7.27. The highest BCUT2D eigenvalue weighted by molar-refractivity contribution is 5.87. The van der Waals surface area contributed by atoms with Crippen LogP contribution in [0.3, 0.4) is 0 Å². The molecular weight excluding hydrogens is 190 g/mol. The number of aliphatic hydroxyl groups excluding tert-OH is 1. The quantitative estimate of drug-likeness (QED) is 0.829. The maximum atomic E-state index is 9.15. The van der Waals surface area contributed by atoms with E-state index in [1.807, 2.05) is 24.3 Å². The number of aromatic nitrogens is 1. The van der Waals surface area contributed by atoms with Crippen LogP contribution in [0.25, 0.3) is 10.8 Å². The maximum absolute atomic E-state index is 9.15. The van der Waals surface area contributed by atoms with Gasteiger partial charge in [-0.1, -0.05) is 12.1 Å². The second kappa shape index (κ2) is 4.28. The van der Waals surface area contributed by atoms with E-state index in [9.17, 15) is 0 Å². The van der Waals surface area contributed by atoms with E-state index < -0.39 is 6.10 Å². The van der Waals surface area contributed by atoms with Gasteiger partial charge in [0.1, 0.15) is 12.4 Å². The first-order valence-corrected chi connectivity index (χ1v) is 4.91. The first-order valence-electron chi connectivity index (χ1n) is 4.91. The molecule has 0 bridgehead atoms. The number of nitrogens with zero attached hydrogens (tertiary/aromatic N) is 1. The number of rotatable bonds is 3. The first kappa shape index (κ1) is 9.93. The Morgan fingerprint density at radius 1 is 1.40 bits per heavy atom. The van der Waals surface area contributed by atoms with Gasteiger partial charge in [0.15, 0.2) is 0 Å². The SMILES string of the molecule is CC(O)COc1cccc2cnccc12. The van der Waals surface area contributed by atoms with Gasteiger partial charge in [-0.15, -0.1) is 0 Å². The van der Waals surface area contributed by atoms with E-state index in [1.54, 1.807) is 19.3 Å². The number of benzene rings is 1. The molecule has 78 valence electrons. The van der Waals surface area contributed by atoms with Crippen molar-refractivity contribution in [3.63, 3.8) is 0 Å². The van der Waals surface area contributed by atoms with E-state index in [0.29, 0.717) is 6.61 Å². The molecule has 0 radical (unpaired) electrons. The summed E-state index contributed by atoms with van der Waals surface area (Å²) in [5, 5.41) is 11.2. The van der Waals surface area contributed by atoms with Gasteiger partial charge in [-0.2, -0.15) is 0 Å². The molecule has 1 N–H and O–H groups in total. The van der Waals surface area contributed by atoms with Crippen LogP contribution in [0.5, 0.6) is 5.75 Å². The molecule has 2 aromatic rings. The third-order valence-corrected chi connectivity index (χ3v) is 2.12. The molecule has 15 heavy (non-hydrogen) atoms. The molecular formula is C12H13NO2. The second-order valence-electron chi connectivity index (χ2n) is 3.51. The van der Waals surface area contributed by atoms with Crippen LogP contribution in [0.2, 0.25) is 0 Å². The average Bonchev–Trinajstić information content (AvgIpc) is 2.26. The van der Waals surface area contributed by atoms with Crippen LogP contribution in [0.4, 0.5) is 0 Å². The Kier molecular flexibility index (Phi) is 2.83. The van der Waals surface area contributed by atoms with Crippen LogP contribution in [0, 0.1) is 0 Å². The summed E-state index contributed by atoms with van der Waals surface area (Å²) in [6.07, 6.45) is 3.07. The molecule has 0 amide bonds. The van der Waals surface area contributed by atoms with E-state index in [-0.39, 0.29) is 0 Å². The van der Waals surface area contributed by atoms with Crippen LogP contribution in [0.1, 0.15) is 6.92 Å². The third-order valence-electron chi connectivity index (χ3n) is 2.12. The zero-order chi connectivity index (χ0) is 10.7. The molecule has 3 nitrogen and oxygen atoms in total. The zero-order valence-corrected chi connectivity index (χ0v) is 8.55. The highest BCUT2D eigenvalue weighted by atomic mass is 16.5. The lowest BCUT2D eigenvalue weighted by atomic mass is 10.1. The molecule has 0 spiro atoms. The number of fused-ring (bicyclic) bond motifs is 1. The highest BCUT2D eigenvalue weighted by Gasteiger charge is 2.02. The Hall–Kier alpha value is -1.61. The lowest BCUT2D eigenvalue weighted by Crippen LogP contribution is -2.12. The van der Waals surface area contributed by atoms with Crippen LogP contribution in [-0.2, 0) is 0 Å². The fourth-order valence-corrected chi connectivity index (χ4v) is 1.43. The highest BCUT2D eigenvalue weighted by Crippen LogP contribution is 2.24. The van der Waals surface area contributed by atoms with Crippen LogP contribution in [0.15, 0.2) is 36.7 Å². The third kappa shape index (κ3) is 2.25. The van der Waals surface area contributed by atoms with Crippen LogP contribution in [-0.4, -0.2) is 22.8 Å². The van der Waals surface area contributed by atoms with Crippen molar-refractivity contribution < 1.29 is 9.84 Å². The molecule has 3 heteroatoms. The summed E-state index contributed by atoms with van der Waals surface area (Å²) in [7, 11) is 0. The van der Waals surface area contributed by atoms with E-state index in [4.69, 9.17) is 9.84 Å². The summed E-state index contributed by atoms with van der Waals surface area (Å²) in [5.74, 6) is 0.788. The molecule has 1 aromatic heterocycles. The summed E-state index contributed by atoms with van der Waals surface area (Å²) >= 11 is 0. The summed E-state index contributed by atoms with van der Waals surface area (Å²) in [6.45, 7) is 2.01. The van der Waals surface area contributed by atoms with Crippen LogP contribution >= 0.6 is 0 Å². The van der Waals surface area contributed by atoms with Crippen molar-refractivity contribution in [1.29, 1.82) is 0 Å². The Labute approximate surface area is 88.3 Å². The number of hydrogen-bond acceptors (Lipinski definition) is 3. The molecule has 0 aliphatic carbocycles. The molecule has 1 aromatic carbocycles. The van der Waals surface area contributed by atoms with Crippen LogP contribution < -0.4 is 4.74 Å². The maximum Gasteiger partial charge on any atom is 0.127 e. The number of ether oxygens (including phenoxy) is 1. The van der Waals surface area contributed by atoms with Crippen molar-refractivity contribution in [3.8, 4) is 5.75 Å². The summed E-state index contributed by atoms with van der Waals surface area (Å²) in [6, 6.07) is 7.70. The van der Waals surface area contributed by atoms with Gasteiger partial charge in [0.2, 0.25) is 0 Å². The molecule has 1 unspecified atom stereocenters. The van der Waals surface area contributed by atoms with Gasteiger partial charge in [-0.05, 0) is 19.1 Å².